The lowest BCUT2D eigenvalue weighted by atomic mass is 10.0. The van der Waals surface area contributed by atoms with Crippen molar-refractivity contribution in [2.45, 2.75) is 32.9 Å². The van der Waals surface area contributed by atoms with Gasteiger partial charge in [0.05, 0.1) is 0 Å². The van der Waals surface area contributed by atoms with Crippen LogP contribution < -0.4 is 5.32 Å². The Morgan fingerprint density at radius 3 is 2.65 bits per heavy atom. The molecule has 0 aliphatic rings. The van der Waals surface area contributed by atoms with E-state index in [2.05, 4.69) is 54.5 Å². The maximum atomic E-state index is 9.02. The highest BCUT2D eigenvalue weighted by atomic mass is 14.9. The molecule has 102 valence electrons. The largest absolute Gasteiger partial charge is 0.306 e. The molecule has 0 aliphatic carbocycles. The van der Waals surface area contributed by atoms with E-state index in [0.717, 1.165) is 12.0 Å². The molecule has 1 aromatic heterocycles. The van der Waals surface area contributed by atoms with Gasteiger partial charge in [-0.05, 0) is 30.5 Å². The van der Waals surface area contributed by atoms with Crippen molar-refractivity contribution in [1.82, 2.24) is 10.3 Å². The fraction of sp³-hybridized carbons (Fsp3) is 0.294. The highest BCUT2D eigenvalue weighted by molar-refractivity contribution is 5.31. The summed E-state index contributed by atoms with van der Waals surface area (Å²) in [4.78, 5) is 4.07. The number of nitrogens with one attached hydrogen (secondary N) is 1. The summed E-state index contributed by atoms with van der Waals surface area (Å²) < 4.78 is 0. The van der Waals surface area contributed by atoms with Gasteiger partial charge in [0.25, 0.3) is 0 Å². The van der Waals surface area contributed by atoms with Crippen molar-refractivity contribution in [3.8, 4) is 6.07 Å². The molecule has 2 aromatic rings. The molecule has 1 heterocycles. The van der Waals surface area contributed by atoms with Crippen LogP contribution in [-0.2, 0) is 13.0 Å². The second-order valence-electron chi connectivity index (χ2n) is 4.82. The predicted molar refractivity (Wildman–Crippen MR) is 80.0 cm³/mol. The molecule has 0 spiro atoms. The summed E-state index contributed by atoms with van der Waals surface area (Å²) in [7, 11) is 0. The summed E-state index contributed by atoms with van der Waals surface area (Å²) in [5, 5.41) is 12.5. The third-order valence-corrected chi connectivity index (χ3v) is 3.48. The van der Waals surface area contributed by atoms with E-state index < -0.39 is 0 Å². The number of nitrogens with zero attached hydrogens (tertiary/aromatic N) is 2. The Balaban J connectivity index is 2.01. The second-order valence-corrected chi connectivity index (χ2v) is 4.82. The van der Waals surface area contributed by atoms with Crippen molar-refractivity contribution >= 4 is 0 Å². The molecule has 1 aromatic carbocycles. The van der Waals surface area contributed by atoms with E-state index in [-0.39, 0.29) is 6.04 Å². The molecule has 3 heteroatoms. The molecule has 2 rings (SSSR count). The first-order chi connectivity index (χ1) is 9.74. The Bertz CT molecular complexity index is 596. The van der Waals surface area contributed by atoms with Crippen LogP contribution in [0.1, 0.15) is 42.3 Å². The molecular formula is C17H19N3. The third-order valence-electron chi connectivity index (χ3n) is 3.48. The normalized spacial score (nSPS) is 11.8. The average Bonchev–Trinajstić information content (AvgIpc) is 2.53. The van der Waals surface area contributed by atoms with E-state index >= 15 is 0 Å². The lowest BCUT2D eigenvalue weighted by molar-refractivity contribution is 0.573. The van der Waals surface area contributed by atoms with E-state index in [4.69, 9.17) is 5.26 Å². The molecule has 0 fully saturated rings. The Hall–Kier alpha value is -2.18. The Morgan fingerprint density at radius 2 is 2.00 bits per heavy atom. The van der Waals surface area contributed by atoms with E-state index in [1.165, 1.54) is 11.1 Å². The smallest absolute Gasteiger partial charge is 0.144 e. The van der Waals surface area contributed by atoms with Gasteiger partial charge in [-0.1, -0.05) is 37.3 Å². The van der Waals surface area contributed by atoms with Crippen molar-refractivity contribution in [2.24, 2.45) is 0 Å². The minimum atomic E-state index is 0.243. The third kappa shape index (κ3) is 3.43. The Kier molecular flexibility index (Phi) is 4.86. The van der Waals surface area contributed by atoms with Gasteiger partial charge in [0.15, 0.2) is 0 Å². The van der Waals surface area contributed by atoms with Gasteiger partial charge in [-0.2, -0.15) is 5.26 Å². The Labute approximate surface area is 120 Å². The molecule has 0 saturated heterocycles. The van der Waals surface area contributed by atoms with Crippen molar-refractivity contribution in [2.75, 3.05) is 0 Å². The average molecular weight is 265 g/mol. The number of pyridine rings is 1. The molecule has 0 amide bonds. The monoisotopic (exact) mass is 265 g/mol. The van der Waals surface area contributed by atoms with Gasteiger partial charge in [0, 0.05) is 24.3 Å². The molecule has 20 heavy (non-hydrogen) atoms. The number of rotatable bonds is 5. The zero-order chi connectivity index (χ0) is 14.4. The summed E-state index contributed by atoms with van der Waals surface area (Å²) in [6.07, 6.45) is 2.71. The lowest BCUT2D eigenvalue weighted by Crippen LogP contribution is -2.19. The first kappa shape index (κ1) is 14.2. The molecule has 0 saturated carbocycles. The lowest BCUT2D eigenvalue weighted by Gasteiger charge is -2.15. The molecule has 1 unspecified atom stereocenters. The topological polar surface area (TPSA) is 48.7 Å². The highest BCUT2D eigenvalue weighted by Gasteiger charge is 2.07. The standard InChI is InChI=1S/C17H19N3/c1-3-14-6-8-15(9-7-14)13(2)20-12-16-5-4-10-19-17(16)11-18/h4-10,13,20H,3,12H2,1-2H3. The molecule has 0 radical (unpaired) electrons. The van der Waals surface area contributed by atoms with Crippen LogP contribution >= 0.6 is 0 Å². The second kappa shape index (κ2) is 6.83. The van der Waals surface area contributed by atoms with Crippen LogP contribution in [0.2, 0.25) is 0 Å². The molecule has 3 nitrogen and oxygen atoms in total. The van der Waals surface area contributed by atoms with Crippen molar-refractivity contribution < 1.29 is 0 Å². The van der Waals surface area contributed by atoms with Gasteiger partial charge in [-0.3, -0.25) is 0 Å². The number of aromatic nitrogens is 1. The van der Waals surface area contributed by atoms with Crippen molar-refractivity contribution in [1.29, 1.82) is 5.26 Å². The molecule has 1 N–H and O–H groups in total. The van der Waals surface area contributed by atoms with Crippen LogP contribution in [0.15, 0.2) is 42.6 Å². The summed E-state index contributed by atoms with van der Waals surface area (Å²) >= 11 is 0. The van der Waals surface area contributed by atoms with Crippen LogP contribution in [0.4, 0.5) is 0 Å². The Morgan fingerprint density at radius 1 is 1.25 bits per heavy atom. The maximum Gasteiger partial charge on any atom is 0.144 e. The fourth-order valence-corrected chi connectivity index (χ4v) is 2.10. The van der Waals surface area contributed by atoms with Gasteiger partial charge in [0.2, 0.25) is 0 Å². The first-order valence-electron chi connectivity index (χ1n) is 6.90. The van der Waals surface area contributed by atoms with E-state index in [9.17, 15) is 0 Å². The molecular weight excluding hydrogens is 246 g/mol. The van der Waals surface area contributed by atoms with Crippen molar-refractivity contribution in [3.63, 3.8) is 0 Å². The number of hydrogen-bond acceptors (Lipinski definition) is 3. The minimum absolute atomic E-state index is 0.243. The van der Waals surface area contributed by atoms with Gasteiger partial charge in [0.1, 0.15) is 11.8 Å². The molecule has 0 aliphatic heterocycles. The van der Waals surface area contributed by atoms with E-state index in [0.29, 0.717) is 12.2 Å². The van der Waals surface area contributed by atoms with E-state index in [1.807, 2.05) is 12.1 Å². The number of hydrogen-bond donors (Lipinski definition) is 1. The van der Waals surface area contributed by atoms with Crippen LogP contribution in [-0.4, -0.2) is 4.98 Å². The summed E-state index contributed by atoms with van der Waals surface area (Å²) in [6.45, 7) is 4.93. The summed E-state index contributed by atoms with van der Waals surface area (Å²) in [6, 6.07) is 14.8. The van der Waals surface area contributed by atoms with Crippen LogP contribution in [0.25, 0.3) is 0 Å². The fourth-order valence-electron chi connectivity index (χ4n) is 2.10. The number of benzene rings is 1. The number of nitriles is 1. The zero-order valence-electron chi connectivity index (χ0n) is 11.9. The van der Waals surface area contributed by atoms with Gasteiger partial charge in [-0.15, -0.1) is 0 Å². The van der Waals surface area contributed by atoms with Gasteiger partial charge < -0.3 is 5.32 Å². The van der Waals surface area contributed by atoms with Gasteiger partial charge >= 0.3 is 0 Å². The number of aryl methyl sites for hydroxylation is 1. The summed E-state index contributed by atoms with van der Waals surface area (Å²) in [5.41, 5.74) is 4.03. The van der Waals surface area contributed by atoms with Gasteiger partial charge in [-0.25, -0.2) is 4.98 Å². The zero-order valence-corrected chi connectivity index (χ0v) is 11.9. The first-order valence-corrected chi connectivity index (χ1v) is 6.90. The summed E-state index contributed by atoms with van der Waals surface area (Å²) in [5.74, 6) is 0. The van der Waals surface area contributed by atoms with Crippen LogP contribution in [0, 0.1) is 11.3 Å². The quantitative estimate of drug-likeness (QED) is 0.901. The molecule has 1 atom stereocenters. The SMILES string of the molecule is CCc1ccc(C(C)NCc2cccnc2C#N)cc1. The van der Waals surface area contributed by atoms with Crippen molar-refractivity contribution in [3.05, 3.63) is 65.0 Å². The maximum absolute atomic E-state index is 9.02. The molecule has 0 bridgehead atoms. The minimum Gasteiger partial charge on any atom is -0.306 e. The van der Waals surface area contributed by atoms with Crippen LogP contribution in [0.5, 0.6) is 0 Å². The predicted octanol–water partition coefficient (Wildman–Crippen LogP) is 3.37. The highest BCUT2D eigenvalue weighted by Crippen LogP contribution is 2.15. The van der Waals surface area contributed by atoms with Crippen LogP contribution in [0.3, 0.4) is 0 Å². The van der Waals surface area contributed by atoms with E-state index in [1.54, 1.807) is 6.20 Å².